The Hall–Kier alpha value is -2.12. The summed E-state index contributed by atoms with van der Waals surface area (Å²) in [5, 5.41) is 9.93. The maximum absolute atomic E-state index is 12.0. The zero-order chi connectivity index (χ0) is 15.0. The van der Waals surface area contributed by atoms with E-state index in [2.05, 4.69) is 20.7 Å². The molecule has 1 atom stereocenters. The Labute approximate surface area is 129 Å². The largest absolute Gasteiger partial charge is 0.326 e. The standard InChI is InChI=1S/C12H9Cl2N5O2/c13-6-1-7(14)3-8(2-6)17-10(20)4-9-11(21)18-12-15-5-16-19(9)12/h1-3,5,9H,4H2,(H,17,20)(H,15,16,18,21). The predicted molar refractivity (Wildman–Crippen MR) is 77.4 cm³/mol. The Morgan fingerprint density at radius 2 is 2.05 bits per heavy atom. The number of carbonyl (C=O) groups excluding carboxylic acids is 2. The molecule has 0 saturated heterocycles. The fourth-order valence-electron chi connectivity index (χ4n) is 2.06. The van der Waals surface area contributed by atoms with E-state index < -0.39 is 6.04 Å². The average molecular weight is 326 g/mol. The first-order chi connectivity index (χ1) is 10.0. The summed E-state index contributed by atoms with van der Waals surface area (Å²) in [4.78, 5) is 27.6. The van der Waals surface area contributed by atoms with Crippen molar-refractivity contribution in [3.8, 4) is 0 Å². The molecule has 1 aromatic heterocycles. The van der Waals surface area contributed by atoms with Gasteiger partial charge in [0.05, 0.1) is 6.42 Å². The molecule has 21 heavy (non-hydrogen) atoms. The summed E-state index contributed by atoms with van der Waals surface area (Å²) in [6.07, 6.45) is 1.25. The number of amides is 2. The van der Waals surface area contributed by atoms with Gasteiger partial charge in [-0.05, 0) is 18.2 Å². The molecule has 0 radical (unpaired) electrons. The van der Waals surface area contributed by atoms with Crippen LogP contribution in [0.15, 0.2) is 24.5 Å². The number of hydrogen-bond donors (Lipinski definition) is 2. The number of nitrogens with zero attached hydrogens (tertiary/aromatic N) is 3. The molecule has 0 spiro atoms. The van der Waals surface area contributed by atoms with E-state index in [1.54, 1.807) is 18.2 Å². The van der Waals surface area contributed by atoms with Crippen LogP contribution in [-0.4, -0.2) is 26.6 Å². The van der Waals surface area contributed by atoms with Crippen LogP contribution in [0.25, 0.3) is 0 Å². The summed E-state index contributed by atoms with van der Waals surface area (Å²) < 4.78 is 1.38. The van der Waals surface area contributed by atoms with Crippen molar-refractivity contribution >= 4 is 46.7 Å². The normalized spacial score (nSPS) is 16.5. The molecule has 1 unspecified atom stereocenters. The Kier molecular flexibility index (Phi) is 3.52. The van der Waals surface area contributed by atoms with E-state index >= 15 is 0 Å². The van der Waals surface area contributed by atoms with Crippen LogP contribution in [0, 0.1) is 0 Å². The fraction of sp³-hybridized carbons (Fsp3) is 0.167. The zero-order valence-electron chi connectivity index (χ0n) is 10.5. The summed E-state index contributed by atoms with van der Waals surface area (Å²) in [6.45, 7) is 0. The van der Waals surface area contributed by atoms with Gasteiger partial charge >= 0.3 is 0 Å². The number of nitrogens with one attached hydrogen (secondary N) is 2. The third-order valence-electron chi connectivity index (χ3n) is 2.93. The molecule has 0 aliphatic carbocycles. The number of benzene rings is 1. The van der Waals surface area contributed by atoms with E-state index in [-0.39, 0.29) is 18.2 Å². The van der Waals surface area contributed by atoms with E-state index in [1.807, 2.05) is 0 Å². The summed E-state index contributed by atoms with van der Waals surface area (Å²) in [7, 11) is 0. The minimum Gasteiger partial charge on any atom is -0.326 e. The van der Waals surface area contributed by atoms with Gasteiger partial charge in [0, 0.05) is 15.7 Å². The number of fused-ring (bicyclic) bond motifs is 1. The van der Waals surface area contributed by atoms with Gasteiger partial charge in [0.1, 0.15) is 12.4 Å². The van der Waals surface area contributed by atoms with Crippen LogP contribution in [-0.2, 0) is 9.59 Å². The number of carbonyl (C=O) groups is 2. The van der Waals surface area contributed by atoms with Crippen molar-refractivity contribution in [3.05, 3.63) is 34.6 Å². The Morgan fingerprint density at radius 3 is 2.76 bits per heavy atom. The molecule has 0 saturated carbocycles. The van der Waals surface area contributed by atoms with Crippen molar-refractivity contribution in [2.24, 2.45) is 0 Å². The topological polar surface area (TPSA) is 88.9 Å². The lowest BCUT2D eigenvalue weighted by atomic mass is 10.2. The van der Waals surface area contributed by atoms with Crippen molar-refractivity contribution in [1.82, 2.24) is 14.8 Å². The first-order valence-corrected chi connectivity index (χ1v) is 6.75. The van der Waals surface area contributed by atoms with Crippen LogP contribution >= 0.6 is 23.2 Å². The fourth-order valence-corrected chi connectivity index (χ4v) is 2.59. The van der Waals surface area contributed by atoms with Crippen LogP contribution in [0.4, 0.5) is 11.6 Å². The van der Waals surface area contributed by atoms with Crippen LogP contribution < -0.4 is 10.6 Å². The van der Waals surface area contributed by atoms with Crippen molar-refractivity contribution in [3.63, 3.8) is 0 Å². The highest BCUT2D eigenvalue weighted by atomic mass is 35.5. The molecule has 3 rings (SSSR count). The zero-order valence-corrected chi connectivity index (χ0v) is 12.0. The number of aromatic nitrogens is 3. The van der Waals surface area contributed by atoms with E-state index in [0.29, 0.717) is 21.7 Å². The minimum absolute atomic E-state index is 0.0632. The van der Waals surface area contributed by atoms with E-state index in [1.165, 1.54) is 11.0 Å². The minimum atomic E-state index is -0.711. The lowest BCUT2D eigenvalue weighted by Crippen LogP contribution is -2.23. The molecule has 1 aliphatic heterocycles. The second-order valence-corrected chi connectivity index (χ2v) is 5.32. The second-order valence-electron chi connectivity index (χ2n) is 4.44. The van der Waals surface area contributed by atoms with Gasteiger partial charge in [-0.1, -0.05) is 23.2 Å². The molecule has 2 aromatic rings. The number of anilines is 2. The Balaban J connectivity index is 1.71. The quantitative estimate of drug-likeness (QED) is 0.904. The number of halogens is 2. The molecule has 1 aromatic carbocycles. The predicted octanol–water partition coefficient (Wildman–Crippen LogP) is 2.11. The third kappa shape index (κ3) is 2.84. The molecule has 0 fully saturated rings. The van der Waals surface area contributed by atoms with E-state index in [0.717, 1.165) is 0 Å². The molecule has 2 N–H and O–H groups in total. The van der Waals surface area contributed by atoms with Crippen molar-refractivity contribution in [2.45, 2.75) is 12.5 Å². The van der Waals surface area contributed by atoms with E-state index in [9.17, 15) is 9.59 Å². The van der Waals surface area contributed by atoms with Crippen molar-refractivity contribution in [2.75, 3.05) is 10.6 Å². The van der Waals surface area contributed by atoms with Crippen LogP contribution in [0.5, 0.6) is 0 Å². The molecular weight excluding hydrogens is 317 g/mol. The summed E-state index contributed by atoms with van der Waals surface area (Å²) >= 11 is 11.7. The van der Waals surface area contributed by atoms with Crippen LogP contribution in [0.3, 0.4) is 0 Å². The van der Waals surface area contributed by atoms with Crippen molar-refractivity contribution in [1.29, 1.82) is 0 Å². The highest BCUT2D eigenvalue weighted by molar-refractivity contribution is 6.35. The summed E-state index contributed by atoms with van der Waals surface area (Å²) in [5.41, 5.74) is 0.467. The molecule has 2 heterocycles. The Morgan fingerprint density at radius 1 is 1.33 bits per heavy atom. The smallest absolute Gasteiger partial charge is 0.252 e. The SMILES string of the molecule is O=C(CC1C(=O)Nc2ncnn21)Nc1cc(Cl)cc(Cl)c1. The monoisotopic (exact) mass is 325 g/mol. The maximum Gasteiger partial charge on any atom is 0.252 e. The molecule has 1 aliphatic rings. The van der Waals surface area contributed by atoms with Gasteiger partial charge in [0.25, 0.3) is 5.91 Å². The van der Waals surface area contributed by atoms with Gasteiger partial charge in [-0.25, -0.2) is 4.68 Å². The van der Waals surface area contributed by atoms with Gasteiger partial charge in [-0.3, -0.25) is 14.9 Å². The van der Waals surface area contributed by atoms with Crippen LogP contribution in [0.2, 0.25) is 10.0 Å². The van der Waals surface area contributed by atoms with Gasteiger partial charge in [-0.2, -0.15) is 10.1 Å². The molecule has 108 valence electrons. The lowest BCUT2D eigenvalue weighted by Gasteiger charge is -2.10. The number of rotatable bonds is 3. The molecular formula is C12H9Cl2N5O2. The molecule has 7 nitrogen and oxygen atoms in total. The highest BCUT2D eigenvalue weighted by Gasteiger charge is 2.33. The van der Waals surface area contributed by atoms with Gasteiger partial charge in [-0.15, -0.1) is 0 Å². The van der Waals surface area contributed by atoms with Gasteiger partial charge in [0.2, 0.25) is 11.9 Å². The summed E-state index contributed by atoms with van der Waals surface area (Å²) in [5.74, 6) is -0.328. The molecule has 9 heteroatoms. The van der Waals surface area contributed by atoms with Crippen LogP contribution in [0.1, 0.15) is 12.5 Å². The van der Waals surface area contributed by atoms with Crippen molar-refractivity contribution < 1.29 is 9.59 Å². The van der Waals surface area contributed by atoms with Gasteiger partial charge in [0.15, 0.2) is 0 Å². The summed E-state index contributed by atoms with van der Waals surface area (Å²) in [6, 6.07) is 3.99. The molecule has 0 bridgehead atoms. The van der Waals surface area contributed by atoms with E-state index in [4.69, 9.17) is 23.2 Å². The lowest BCUT2D eigenvalue weighted by molar-refractivity contribution is -0.123. The molecule has 2 amide bonds. The Bertz CT molecular complexity index is 710. The maximum atomic E-state index is 12.0. The third-order valence-corrected chi connectivity index (χ3v) is 3.37. The highest BCUT2D eigenvalue weighted by Crippen LogP contribution is 2.26. The van der Waals surface area contributed by atoms with Gasteiger partial charge < -0.3 is 5.32 Å². The second kappa shape index (κ2) is 5.34. The first kappa shape index (κ1) is 13.8. The average Bonchev–Trinajstić information content (AvgIpc) is 2.91. The first-order valence-electron chi connectivity index (χ1n) is 5.99. The number of hydrogen-bond acceptors (Lipinski definition) is 4.